The van der Waals surface area contributed by atoms with Crippen molar-refractivity contribution in [1.82, 2.24) is 19.7 Å². The molecule has 0 aliphatic carbocycles. The van der Waals surface area contributed by atoms with Crippen LogP contribution in [0.25, 0.3) is 5.69 Å². The van der Waals surface area contributed by atoms with Gasteiger partial charge in [-0.25, -0.2) is 9.67 Å². The molecule has 2 amide bonds. The number of aromatic nitrogens is 3. The number of hydrogen-bond donors (Lipinski definition) is 0. The van der Waals surface area contributed by atoms with Gasteiger partial charge >= 0.3 is 0 Å². The van der Waals surface area contributed by atoms with Crippen LogP contribution in [0.15, 0.2) is 67.0 Å². The largest absolute Gasteiger partial charge is 0.274 e. The summed E-state index contributed by atoms with van der Waals surface area (Å²) in [6.07, 6.45) is 1.75. The molecular weight excluding hydrogens is 328 g/mol. The van der Waals surface area contributed by atoms with Crippen LogP contribution in [-0.2, 0) is 21.5 Å². The number of likely N-dealkylation sites (tertiary alicyclic amines) is 1. The van der Waals surface area contributed by atoms with Crippen molar-refractivity contribution in [2.45, 2.75) is 25.3 Å². The summed E-state index contributed by atoms with van der Waals surface area (Å²) in [7, 11) is 0. The van der Waals surface area contributed by atoms with E-state index in [2.05, 4.69) is 10.1 Å². The Hall–Kier alpha value is -3.28. The maximum atomic E-state index is 13.0. The summed E-state index contributed by atoms with van der Waals surface area (Å²) in [6.45, 7) is 1.90. The molecule has 130 valence electrons. The van der Waals surface area contributed by atoms with Crippen LogP contribution in [0, 0.1) is 0 Å². The second kappa shape index (κ2) is 6.22. The number of benzene rings is 2. The summed E-state index contributed by atoms with van der Waals surface area (Å²) in [4.78, 5) is 31.0. The average molecular weight is 346 g/mol. The van der Waals surface area contributed by atoms with Crippen molar-refractivity contribution in [2.24, 2.45) is 0 Å². The van der Waals surface area contributed by atoms with E-state index in [1.54, 1.807) is 11.0 Å². The van der Waals surface area contributed by atoms with Crippen molar-refractivity contribution in [2.75, 3.05) is 0 Å². The first-order chi connectivity index (χ1) is 12.6. The second-order valence-electron chi connectivity index (χ2n) is 6.60. The minimum Gasteiger partial charge on any atom is -0.274 e. The Labute approximate surface area is 151 Å². The molecule has 0 saturated carbocycles. The van der Waals surface area contributed by atoms with Gasteiger partial charge in [0.05, 0.1) is 17.6 Å². The molecule has 1 aliphatic heterocycles. The molecule has 2 heterocycles. The Morgan fingerprint density at radius 2 is 1.65 bits per heavy atom. The third kappa shape index (κ3) is 2.69. The number of hydrogen-bond acceptors (Lipinski definition) is 4. The van der Waals surface area contributed by atoms with E-state index < -0.39 is 5.41 Å². The first-order valence-corrected chi connectivity index (χ1v) is 8.44. The summed E-state index contributed by atoms with van der Waals surface area (Å²) in [6, 6.07) is 19.0. The van der Waals surface area contributed by atoms with Gasteiger partial charge in [0.1, 0.15) is 6.33 Å². The predicted octanol–water partition coefficient (Wildman–Crippen LogP) is 2.48. The molecule has 3 aromatic rings. The van der Waals surface area contributed by atoms with Gasteiger partial charge in [0, 0.05) is 6.42 Å². The van der Waals surface area contributed by atoms with Gasteiger partial charge in [-0.05, 0) is 24.6 Å². The molecule has 6 heteroatoms. The molecule has 6 nitrogen and oxygen atoms in total. The fraction of sp³-hybridized carbons (Fsp3) is 0.200. The minimum absolute atomic E-state index is 0.0833. The van der Waals surface area contributed by atoms with E-state index in [0.29, 0.717) is 5.82 Å². The van der Waals surface area contributed by atoms with E-state index in [0.717, 1.165) is 11.3 Å². The lowest BCUT2D eigenvalue weighted by atomic mass is 9.81. The quantitative estimate of drug-likeness (QED) is 0.681. The Balaban J connectivity index is 1.57. The lowest BCUT2D eigenvalue weighted by Gasteiger charge is -2.22. The highest BCUT2D eigenvalue weighted by atomic mass is 16.2. The molecule has 1 fully saturated rings. The van der Waals surface area contributed by atoms with Crippen LogP contribution in [0.2, 0.25) is 0 Å². The standard InChI is InChI=1S/C20H18N4O2/c1-20(15-8-4-2-5-9-15)12-18(25)23(19(20)26)13-17-21-14-24(22-17)16-10-6-3-7-11-16/h2-11,14H,12-13H2,1H3. The summed E-state index contributed by atoms with van der Waals surface area (Å²) in [5.74, 6) is 0.0371. The molecule has 1 aromatic heterocycles. The lowest BCUT2D eigenvalue weighted by molar-refractivity contribution is -0.140. The van der Waals surface area contributed by atoms with Gasteiger partial charge in [-0.15, -0.1) is 5.10 Å². The third-order valence-electron chi connectivity index (χ3n) is 4.79. The van der Waals surface area contributed by atoms with Crippen LogP contribution >= 0.6 is 0 Å². The maximum Gasteiger partial charge on any atom is 0.240 e. The van der Waals surface area contributed by atoms with Gasteiger partial charge in [0.15, 0.2) is 5.82 Å². The number of carbonyl (C=O) groups excluding carboxylic acids is 2. The van der Waals surface area contributed by atoms with E-state index >= 15 is 0 Å². The fourth-order valence-electron chi connectivity index (χ4n) is 3.29. The van der Waals surface area contributed by atoms with Crippen molar-refractivity contribution >= 4 is 11.8 Å². The fourth-order valence-corrected chi connectivity index (χ4v) is 3.29. The third-order valence-corrected chi connectivity index (χ3v) is 4.79. The van der Waals surface area contributed by atoms with Crippen LogP contribution in [0.1, 0.15) is 24.7 Å². The Morgan fingerprint density at radius 1 is 1.00 bits per heavy atom. The molecule has 0 spiro atoms. The molecule has 1 atom stereocenters. The van der Waals surface area contributed by atoms with E-state index in [4.69, 9.17) is 0 Å². The van der Waals surface area contributed by atoms with Crippen molar-refractivity contribution in [3.63, 3.8) is 0 Å². The van der Waals surface area contributed by atoms with E-state index in [9.17, 15) is 9.59 Å². The molecule has 0 N–H and O–H groups in total. The van der Waals surface area contributed by atoms with E-state index in [1.807, 2.05) is 67.6 Å². The van der Waals surface area contributed by atoms with Gasteiger partial charge in [-0.3, -0.25) is 14.5 Å². The zero-order valence-electron chi connectivity index (χ0n) is 14.4. The molecule has 1 unspecified atom stereocenters. The van der Waals surface area contributed by atoms with Crippen molar-refractivity contribution in [3.05, 3.63) is 78.4 Å². The topological polar surface area (TPSA) is 68.1 Å². The van der Waals surface area contributed by atoms with E-state index in [1.165, 1.54) is 4.90 Å². The highest BCUT2D eigenvalue weighted by molar-refractivity contribution is 6.08. The number of para-hydroxylation sites is 1. The number of rotatable bonds is 4. The van der Waals surface area contributed by atoms with Gasteiger partial charge in [-0.2, -0.15) is 0 Å². The van der Waals surface area contributed by atoms with Crippen LogP contribution in [-0.4, -0.2) is 31.5 Å². The maximum absolute atomic E-state index is 13.0. The molecule has 0 radical (unpaired) electrons. The normalized spacial score (nSPS) is 20.0. The predicted molar refractivity (Wildman–Crippen MR) is 95.3 cm³/mol. The van der Waals surface area contributed by atoms with Crippen molar-refractivity contribution < 1.29 is 9.59 Å². The number of amides is 2. The highest BCUT2D eigenvalue weighted by Gasteiger charge is 2.49. The lowest BCUT2D eigenvalue weighted by Crippen LogP contribution is -2.36. The molecule has 2 aromatic carbocycles. The van der Waals surface area contributed by atoms with Crippen LogP contribution in [0.3, 0.4) is 0 Å². The molecule has 0 bridgehead atoms. The summed E-state index contributed by atoms with van der Waals surface area (Å²) < 4.78 is 1.64. The van der Waals surface area contributed by atoms with Gasteiger partial charge in [0.25, 0.3) is 0 Å². The first-order valence-electron chi connectivity index (χ1n) is 8.44. The monoisotopic (exact) mass is 346 g/mol. The van der Waals surface area contributed by atoms with Crippen molar-refractivity contribution in [1.29, 1.82) is 0 Å². The number of nitrogens with zero attached hydrogens (tertiary/aromatic N) is 4. The van der Waals surface area contributed by atoms with Crippen LogP contribution in [0.5, 0.6) is 0 Å². The van der Waals surface area contributed by atoms with Crippen LogP contribution < -0.4 is 0 Å². The molecule has 4 rings (SSSR count). The Morgan fingerprint density at radius 3 is 2.35 bits per heavy atom. The molecule has 26 heavy (non-hydrogen) atoms. The zero-order valence-corrected chi connectivity index (χ0v) is 14.4. The summed E-state index contributed by atoms with van der Waals surface area (Å²) in [5, 5.41) is 4.39. The van der Waals surface area contributed by atoms with Gasteiger partial charge in [-0.1, -0.05) is 48.5 Å². The first kappa shape index (κ1) is 16.2. The van der Waals surface area contributed by atoms with Crippen molar-refractivity contribution in [3.8, 4) is 5.69 Å². The second-order valence-corrected chi connectivity index (χ2v) is 6.60. The minimum atomic E-state index is -0.833. The smallest absolute Gasteiger partial charge is 0.240 e. The Bertz CT molecular complexity index is 952. The van der Waals surface area contributed by atoms with E-state index in [-0.39, 0.29) is 24.8 Å². The average Bonchev–Trinajstić information content (AvgIpc) is 3.23. The number of carbonyl (C=O) groups is 2. The van der Waals surface area contributed by atoms with Gasteiger partial charge in [0.2, 0.25) is 11.8 Å². The molecular formula is C20H18N4O2. The SMILES string of the molecule is CC1(c2ccccc2)CC(=O)N(Cc2ncn(-c3ccccc3)n2)C1=O. The molecule has 1 saturated heterocycles. The van der Waals surface area contributed by atoms with Gasteiger partial charge < -0.3 is 0 Å². The summed E-state index contributed by atoms with van der Waals surface area (Å²) in [5.41, 5.74) is 0.892. The molecule has 1 aliphatic rings. The summed E-state index contributed by atoms with van der Waals surface area (Å²) >= 11 is 0. The Kier molecular flexibility index (Phi) is 3.88. The van der Waals surface area contributed by atoms with Crippen LogP contribution in [0.4, 0.5) is 0 Å². The zero-order chi connectivity index (χ0) is 18.1. The number of imide groups is 1. The highest BCUT2D eigenvalue weighted by Crippen LogP contribution is 2.36.